The van der Waals surface area contributed by atoms with Crippen molar-refractivity contribution in [3.63, 3.8) is 0 Å². The van der Waals surface area contributed by atoms with Crippen molar-refractivity contribution in [1.82, 2.24) is 0 Å². The van der Waals surface area contributed by atoms with E-state index in [0.717, 1.165) is 23.9 Å². The lowest BCUT2D eigenvalue weighted by molar-refractivity contribution is -0.122. The van der Waals surface area contributed by atoms with Crippen molar-refractivity contribution < 1.29 is 13.9 Å². The first kappa shape index (κ1) is 16.6. The summed E-state index contributed by atoms with van der Waals surface area (Å²) in [5.41, 5.74) is 3.48. The Labute approximate surface area is 151 Å². The van der Waals surface area contributed by atoms with Gasteiger partial charge in [0.25, 0.3) is 5.91 Å². The zero-order valence-electron chi connectivity index (χ0n) is 14.6. The number of anilines is 1. The monoisotopic (exact) mass is 349 g/mol. The van der Waals surface area contributed by atoms with E-state index in [1.807, 2.05) is 25.1 Å². The molecule has 0 bridgehead atoms. The summed E-state index contributed by atoms with van der Waals surface area (Å²) in [7, 11) is 0. The molecule has 0 saturated heterocycles. The summed E-state index contributed by atoms with van der Waals surface area (Å²) in [4.78, 5) is 12.7. The Morgan fingerprint density at radius 1 is 1.08 bits per heavy atom. The first-order valence-corrected chi connectivity index (χ1v) is 8.92. The Hall–Kier alpha value is -2.88. The van der Waals surface area contributed by atoms with Crippen molar-refractivity contribution in [3.8, 4) is 5.75 Å². The lowest BCUT2D eigenvalue weighted by Gasteiger charge is -2.18. The molecule has 0 heterocycles. The minimum atomic E-state index is -0.636. The predicted octanol–water partition coefficient (Wildman–Crippen LogP) is 4.87. The fourth-order valence-electron chi connectivity index (χ4n) is 3.57. The highest BCUT2D eigenvalue weighted by molar-refractivity contribution is 6.06. The van der Waals surface area contributed by atoms with Crippen molar-refractivity contribution in [2.45, 2.75) is 32.3 Å². The molecule has 0 fully saturated rings. The maximum Gasteiger partial charge on any atom is 0.265 e. The van der Waals surface area contributed by atoms with Crippen LogP contribution in [0.15, 0.2) is 54.6 Å². The van der Waals surface area contributed by atoms with Gasteiger partial charge < -0.3 is 10.1 Å². The van der Waals surface area contributed by atoms with Gasteiger partial charge in [-0.1, -0.05) is 31.2 Å². The van der Waals surface area contributed by atoms with Gasteiger partial charge in [0.15, 0.2) is 6.10 Å². The van der Waals surface area contributed by atoms with E-state index in [2.05, 4.69) is 17.4 Å². The van der Waals surface area contributed by atoms with Crippen LogP contribution in [0.5, 0.6) is 5.75 Å². The molecule has 26 heavy (non-hydrogen) atoms. The number of halogens is 1. The number of ether oxygens (including phenoxy) is 1. The second kappa shape index (κ2) is 6.79. The Bertz CT molecular complexity index is 956. The molecule has 1 amide bonds. The molecule has 1 aliphatic rings. The molecule has 1 aliphatic carbocycles. The van der Waals surface area contributed by atoms with Crippen molar-refractivity contribution in [2.75, 3.05) is 5.32 Å². The lowest BCUT2D eigenvalue weighted by Crippen LogP contribution is -2.32. The van der Waals surface area contributed by atoms with Crippen molar-refractivity contribution in [2.24, 2.45) is 0 Å². The van der Waals surface area contributed by atoms with Crippen molar-refractivity contribution in [1.29, 1.82) is 0 Å². The molecule has 4 heteroatoms. The highest BCUT2D eigenvalue weighted by atomic mass is 19.1. The van der Waals surface area contributed by atoms with E-state index < -0.39 is 6.10 Å². The Morgan fingerprint density at radius 3 is 2.54 bits per heavy atom. The second-order valence-electron chi connectivity index (χ2n) is 6.57. The summed E-state index contributed by atoms with van der Waals surface area (Å²) >= 11 is 0. The van der Waals surface area contributed by atoms with Crippen molar-refractivity contribution >= 4 is 22.4 Å². The molecule has 0 aliphatic heterocycles. The molecule has 3 nitrogen and oxygen atoms in total. The first-order chi connectivity index (χ1) is 12.7. The Morgan fingerprint density at radius 2 is 1.81 bits per heavy atom. The van der Waals surface area contributed by atoms with Gasteiger partial charge >= 0.3 is 0 Å². The number of hydrogen-bond acceptors (Lipinski definition) is 2. The zero-order valence-corrected chi connectivity index (χ0v) is 14.6. The van der Waals surface area contributed by atoms with Gasteiger partial charge in [-0.15, -0.1) is 0 Å². The summed E-state index contributed by atoms with van der Waals surface area (Å²) in [6.07, 6.45) is 1.98. The molecular formula is C22H20FNO2. The van der Waals surface area contributed by atoms with Gasteiger partial charge in [0.2, 0.25) is 0 Å². The lowest BCUT2D eigenvalue weighted by atomic mass is 10.0. The van der Waals surface area contributed by atoms with Crippen molar-refractivity contribution in [3.05, 3.63) is 71.5 Å². The summed E-state index contributed by atoms with van der Waals surface area (Å²) in [6.45, 7) is 1.89. The number of nitrogens with one attached hydrogen (secondary N) is 1. The minimum absolute atomic E-state index is 0.199. The van der Waals surface area contributed by atoms with Gasteiger partial charge in [0.1, 0.15) is 11.6 Å². The third-order valence-electron chi connectivity index (χ3n) is 4.89. The van der Waals surface area contributed by atoms with E-state index in [9.17, 15) is 9.18 Å². The van der Waals surface area contributed by atoms with Crippen LogP contribution in [-0.2, 0) is 17.6 Å². The number of carbonyl (C=O) groups is 1. The maximum absolute atomic E-state index is 13.0. The number of hydrogen-bond donors (Lipinski definition) is 1. The molecule has 132 valence electrons. The van der Waals surface area contributed by atoms with Gasteiger partial charge in [-0.05, 0) is 66.1 Å². The van der Waals surface area contributed by atoms with Crippen LogP contribution >= 0.6 is 0 Å². The van der Waals surface area contributed by atoms with Crippen LogP contribution in [0, 0.1) is 5.82 Å². The topological polar surface area (TPSA) is 38.3 Å². The molecule has 3 aromatic carbocycles. The van der Waals surface area contributed by atoms with E-state index in [0.29, 0.717) is 12.2 Å². The SMILES string of the molecule is CCC(Oc1ccc(F)cc1)C(=O)Nc1ccc2c3c(cccc13)CC2. The average Bonchev–Trinajstić information content (AvgIpc) is 3.08. The number of carbonyl (C=O) groups excluding carboxylic acids is 1. The highest BCUT2D eigenvalue weighted by Crippen LogP contribution is 2.35. The quantitative estimate of drug-likeness (QED) is 0.713. The van der Waals surface area contributed by atoms with Gasteiger partial charge in [0.05, 0.1) is 0 Å². The molecule has 0 saturated carbocycles. The van der Waals surface area contributed by atoms with Crippen LogP contribution < -0.4 is 10.1 Å². The molecule has 1 unspecified atom stereocenters. The second-order valence-corrected chi connectivity index (χ2v) is 6.57. The molecule has 0 spiro atoms. The van der Waals surface area contributed by atoms with Crippen LogP contribution in [0.3, 0.4) is 0 Å². The van der Waals surface area contributed by atoms with Gasteiger partial charge in [0, 0.05) is 11.1 Å². The van der Waals surface area contributed by atoms with Gasteiger partial charge in [-0.25, -0.2) is 4.39 Å². The van der Waals surface area contributed by atoms with E-state index in [-0.39, 0.29) is 11.7 Å². The van der Waals surface area contributed by atoms with E-state index >= 15 is 0 Å². The van der Waals surface area contributed by atoms with Gasteiger partial charge in [-0.2, -0.15) is 0 Å². The molecule has 1 N–H and O–H groups in total. The number of aryl methyl sites for hydroxylation is 2. The normalized spacial score (nSPS) is 13.6. The zero-order chi connectivity index (χ0) is 18.1. The number of rotatable bonds is 5. The maximum atomic E-state index is 13.0. The third-order valence-corrected chi connectivity index (χ3v) is 4.89. The first-order valence-electron chi connectivity index (χ1n) is 8.92. The molecule has 0 aromatic heterocycles. The summed E-state index contributed by atoms with van der Waals surface area (Å²) in [6, 6.07) is 16.0. The predicted molar refractivity (Wildman–Crippen MR) is 101 cm³/mol. The smallest absolute Gasteiger partial charge is 0.265 e. The Balaban J connectivity index is 1.57. The minimum Gasteiger partial charge on any atom is -0.481 e. The van der Waals surface area contributed by atoms with E-state index in [1.54, 1.807) is 0 Å². The third kappa shape index (κ3) is 3.03. The molecular weight excluding hydrogens is 329 g/mol. The average molecular weight is 349 g/mol. The van der Waals surface area contributed by atoms with Gasteiger partial charge in [-0.3, -0.25) is 4.79 Å². The summed E-state index contributed by atoms with van der Waals surface area (Å²) in [5.74, 6) is -0.0490. The van der Waals surface area contributed by atoms with E-state index in [1.165, 1.54) is 40.8 Å². The summed E-state index contributed by atoms with van der Waals surface area (Å²) in [5, 5.41) is 5.35. The van der Waals surface area contributed by atoms with Crippen LogP contribution in [0.25, 0.3) is 10.8 Å². The molecule has 0 radical (unpaired) electrons. The fourth-order valence-corrected chi connectivity index (χ4v) is 3.57. The summed E-state index contributed by atoms with van der Waals surface area (Å²) < 4.78 is 18.8. The standard InChI is InChI=1S/C22H20FNO2/c1-2-20(26-17-11-9-16(23)10-12-17)22(25)24-19-13-8-15-7-6-14-4-3-5-18(19)21(14)15/h3-5,8-13,20H,2,6-7H2,1H3,(H,24,25). The molecule has 1 atom stereocenters. The highest BCUT2D eigenvalue weighted by Gasteiger charge is 2.21. The van der Waals surface area contributed by atoms with Crippen LogP contribution in [0.4, 0.5) is 10.1 Å². The molecule has 4 rings (SSSR count). The molecule has 3 aromatic rings. The number of benzene rings is 3. The Kier molecular flexibility index (Phi) is 4.33. The fraction of sp³-hybridized carbons (Fsp3) is 0.227. The largest absolute Gasteiger partial charge is 0.481 e. The van der Waals surface area contributed by atoms with Crippen LogP contribution in [-0.4, -0.2) is 12.0 Å². The van der Waals surface area contributed by atoms with Crippen LogP contribution in [0.1, 0.15) is 24.5 Å². The van der Waals surface area contributed by atoms with Crippen LogP contribution in [0.2, 0.25) is 0 Å². The van der Waals surface area contributed by atoms with E-state index in [4.69, 9.17) is 4.74 Å². The number of amides is 1.